The lowest BCUT2D eigenvalue weighted by atomic mass is 10.1. The molecule has 2 atom stereocenters. The van der Waals surface area contributed by atoms with Gasteiger partial charge in [-0.1, -0.05) is 31.2 Å². The van der Waals surface area contributed by atoms with Crippen molar-refractivity contribution in [1.82, 2.24) is 5.32 Å². The van der Waals surface area contributed by atoms with E-state index in [4.69, 9.17) is 5.11 Å². The predicted octanol–water partition coefficient (Wildman–Crippen LogP) is 1.24. The van der Waals surface area contributed by atoms with Gasteiger partial charge in [-0.25, -0.2) is 0 Å². The van der Waals surface area contributed by atoms with Crippen LogP contribution in [-0.4, -0.2) is 29.6 Å². The first-order chi connectivity index (χ1) is 10.1. The minimum atomic E-state index is -0.677. The first-order valence-corrected chi connectivity index (χ1v) is 7.12. The summed E-state index contributed by atoms with van der Waals surface area (Å²) in [6.07, 6.45) is 5.16. The summed E-state index contributed by atoms with van der Waals surface area (Å²) in [5.74, 6) is -1.28. The van der Waals surface area contributed by atoms with Crippen molar-refractivity contribution in [3.63, 3.8) is 0 Å². The molecule has 0 saturated heterocycles. The van der Waals surface area contributed by atoms with Crippen LogP contribution in [0.25, 0.3) is 0 Å². The zero-order valence-electron chi connectivity index (χ0n) is 12.0. The van der Waals surface area contributed by atoms with Crippen LogP contribution < -0.4 is 10.6 Å². The van der Waals surface area contributed by atoms with Gasteiger partial charge in [-0.15, -0.1) is 0 Å². The SMILES string of the molecule is CCc1cccc(NC(=O)C(=O)N[C@@H]2C=C[C@H](CO)C2)c1. The summed E-state index contributed by atoms with van der Waals surface area (Å²) in [6.45, 7) is 2.08. The number of anilines is 1. The number of aliphatic hydroxyl groups excluding tert-OH is 1. The van der Waals surface area contributed by atoms with Gasteiger partial charge in [0.05, 0.1) is 0 Å². The third-order valence-corrected chi connectivity index (χ3v) is 3.52. The van der Waals surface area contributed by atoms with Crippen LogP contribution in [-0.2, 0) is 16.0 Å². The van der Waals surface area contributed by atoms with E-state index >= 15 is 0 Å². The highest BCUT2D eigenvalue weighted by molar-refractivity contribution is 6.39. The molecule has 2 amide bonds. The Morgan fingerprint density at radius 3 is 2.76 bits per heavy atom. The van der Waals surface area contributed by atoms with Gasteiger partial charge in [-0.05, 0) is 30.5 Å². The third-order valence-electron chi connectivity index (χ3n) is 3.52. The second kappa shape index (κ2) is 7.04. The molecule has 0 fully saturated rings. The van der Waals surface area contributed by atoms with E-state index in [1.54, 1.807) is 6.07 Å². The maximum absolute atomic E-state index is 11.9. The Labute approximate surface area is 124 Å². The summed E-state index contributed by atoms with van der Waals surface area (Å²) >= 11 is 0. The molecule has 0 aliphatic heterocycles. The average molecular weight is 288 g/mol. The highest BCUT2D eigenvalue weighted by Gasteiger charge is 2.22. The fraction of sp³-hybridized carbons (Fsp3) is 0.375. The Hall–Kier alpha value is -2.14. The third kappa shape index (κ3) is 4.16. The zero-order valence-corrected chi connectivity index (χ0v) is 12.0. The van der Waals surface area contributed by atoms with Gasteiger partial charge in [0.15, 0.2) is 0 Å². The molecule has 0 saturated carbocycles. The van der Waals surface area contributed by atoms with Crippen molar-refractivity contribution in [3.05, 3.63) is 42.0 Å². The van der Waals surface area contributed by atoms with Gasteiger partial charge in [0, 0.05) is 24.3 Å². The molecule has 5 heteroatoms. The predicted molar refractivity (Wildman–Crippen MR) is 80.7 cm³/mol. The van der Waals surface area contributed by atoms with Crippen molar-refractivity contribution in [2.75, 3.05) is 11.9 Å². The molecular weight excluding hydrogens is 268 g/mol. The van der Waals surface area contributed by atoms with E-state index in [-0.39, 0.29) is 18.6 Å². The van der Waals surface area contributed by atoms with Gasteiger partial charge in [-0.2, -0.15) is 0 Å². The number of nitrogens with one attached hydrogen (secondary N) is 2. The molecule has 2 rings (SSSR count). The van der Waals surface area contributed by atoms with Crippen LogP contribution in [0.3, 0.4) is 0 Å². The number of hydrogen-bond acceptors (Lipinski definition) is 3. The number of carbonyl (C=O) groups is 2. The summed E-state index contributed by atoms with van der Waals surface area (Å²) in [5, 5.41) is 14.3. The normalized spacial score (nSPS) is 20.3. The molecule has 3 N–H and O–H groups in total. The molecule has 1 aliphatic carbocycles. The molecular formula is C16H20N2O3. The molecule has 1 aromatic carbocycles. The summed E-state index contributed by atoms with van der Waals surface area (Å²) in [7, 11) is 0. The smallest absolute Gasteiger partial charge is 0.313 e. The molecule has 112 valence electrons. The average Bonchev–Trinajstić information content (AvgIpc) is 2.95. The molecule has 5 nitrogen and oxygen atoms in total. The molecule has 21 heavy (non-hydrogen) atoms. The quantitative estimate of drug-likeness (QED) is 0.576. The summed E-state index contributed by atoms with van der Waals surface area (Å²) in [5.41, 5.74) is 1.71. The molecule has 0 spiro atoms. The second-order valence-corrected chi connectivity index (χ2v) is 5.15. The van der Waals surface area contributed by atoms with Gasteiger partial charge in [0.1, 0.15) is 0 Å². The molecule has 1 aromatic rings. The van der Waals surface area contributed by atoms with Gasteiger partial charge >= 0.3 is 11.8 Å². The van der Waals surface area contributed by atoms with E-state index in [1.165, 1.54) is 0 Å². The van der Waals surface area contributed by atoms with Crippen molar-refractivity contribution < 1.29 is 14.7 Å². The van der Waals surface area contributed by atoms with Gasteiger partial charge in [0.2, 0.25) is 0 Å². The highest BCUT2D eigenvalue weighted by atomic mass is 16.3. The van der Waals surface area contributed by atoms with E-state index in [9.17, 15) is 9.59 Å². The molecule has 0 unspecified atom stereocenters. The fourth-order valence-corrected chi connectivity index (χ4v) is 2.31. The lowest BCUT2D eigenvalue weighted by molar-refractivity contribution is -0.136. The first kappa shape index (κ1) is 15.3. The van der Waals surface area contributed by atoms with Crippen LogP contribution in [0.2, 0.25) is 0 Å². The number of aryl methyl sites for hydroxylation is 1. The maximum atomic E-state index is 11.9. The zero-order chi connectivity index (χ0) is 15.2. The van der Waals surface area contributed by atoms with Crippen molar-refractivity contribution in [1.29, 1.82) is 0 Å². The number of hydrogen-bond donors (Lipinski definition) is 3. The van der Waals surface area contributed by atoms with Crippen LogP contribution in [0.4, 0.5) is 5.69 Å². The lowest BCUT2D eigenvalue weighted by Gasteiger charge is -2.12. The second-order valence-electron chi connectivity index (χ2n) is 5.15. The minimum absolute atomic E-state index is 0.0544. The van der Waals surface area contributed by atoms with E-state index in [0.29, 0.717) is 12.1 Å². The Bertz CT molecular complexity index is 554. The van der Waals surface area contributed by atoms with Crippen molar-refractivity contribution in [2.24, 2.45) is 5.92 Å². The molecule has 1 aliphatic rings. The first-order valence-electron chi connectivity index (χ1n) is 7.12. The van der Waals surface area contributed by atoms with Crippen LogP contribution in [0.5, 0.6) is 0 Å². The monoisotopic (exact) mass is 288 g/mol. The van der Waals surface area contributed by atoms with E-state index < -0.39 is 11.8 Å². The fourth-order valence-electron chi connectivity index (χ4n) is 2.31. The van der Waals surface area contributed by atoms with Crippen LogP contribution >= 0.6 is 0 Å². The van der Waals surface area contributed by atoms with Crippen LogP contribution in [0, 0.1) is 5.92 Å². The lowest BCUT2D eigenvalue weighted by Crippen LogP contribution is -2.40. The number of benzene rings is 1. The Morgan fingerprint density at radius 1 is 1.29 bits per heavy atom. The number of rotatable bonds is 4. The Kier molecular flexibility index (Phi) is 5.11. The van der Waals surface area contributed by atoms with Crippen molar-refractivity contribution in [2.45, 2.75) is 25.8 Å². The standard InChI is InChI=1S/C16H20N2O3/c1-2-11-4-3-5-13(8-11)17-15(20)16(21)18-14-7-6-12(9-14)10-19/h3-8,12,14,19H,2,9-10H2,1H3,(H,17,20)(H,18,21)/t12-,14+/m0/s1. The molecule has 0 aromatic heterocycles. The molecule has 0 radical (unpaired) electrons. The van der Waals surface area contributed by atoms with E-state index in [2.05, 4.69) is 10.6 Å². The van der Waals surface area contributed by atoms with Gasteiger partial charge in [-0.3, -0.25) is 9.59 Å². The molecule has 0 heterocycles. The van der Waals surface area contributed by atoms with Gasteiger partial charge < -0.3 is 15.7 Å². The van der Waals surface area contributed by atoms with Crippen LogP contribution in [0.15, 0.2) is 36.4 Å². The van der Waals surface area contributed by atoms with E-state index in [1.807, 2.05) is 37.3 Å². The molecule has 0 bridgehead atoms. The summed E-state index contributed by atoms with van der Waals surface area (Å²) < 4.78 is 0. The number of aliphatic hydroxyl groups is 1. The topological polar surface area (TPSA) is 78.4 Å². The van der Waals surface area contributed by atoms with Crippen molar-refractivity contribution >= 4 is 17.5 Å². The number of carbonyl (C=O) groups excluding carboxylic acids is 2. The maximum Gasteiger partial charge on any atom is 0.313 e. The minimum Gasteiger partial charge on any atom is -0.396 e. The summed E-state index contributed by atoms with van der Waals surface area (Å²) in [6, 6.07) is 7.22. The van der Waals surface area contributed by atoms with Crippen molar-refractivity contribution in [3.8, 4) is 0 Å². The highest BCUT2D eigenvalue weighted by Crippen LogP contribution is 2.17. The summed E-state index contributed by atoms with van der Waals surface area (Å²) in [4.78, 5) is 23.7. The Morgan fingerprint density at radius 2 is 2.10 bits per heavy atom. The van der Waals surface area contributed by atoms with Crippen LogP contribution in [0.1, 0.15) is 18.9 Å². The van der Waals surface area contributed by atoms with E-state index in [0.717, 1.165) is 12.0 Å². The number of amides is 2. The Balaban J connectivity index is 1.88. The largest absolute Gasteiger partial charge is 0.396 e. The van der Waals surface area contributed by atoms with Gasteiger partial charge in [0.25, 0.3) is 0 Å².